The number of esters is 1. The van der Waals surface area contributed by atoms with Crippen molar-refractivity contribution in [3.63, 3.8) is 0 Å². The quantitative estimate of drug-likeness (QED) is 0.0555. The first-order chi connectivity index (χ1) is 26.9. The van der Waals surface area contributed by atoms with E-state index in [2.05, 4.69) is 12.2 Å². The smallest absolute Gasteiger partial charge is 0.416 e. The zero-order chi connectivity index (χ0) is 39.5. The van der Waals surface area contributed by atoms with Crippen molar-refractivity contribution >= 4 is 17.3 Å². The fourth-order valence-electron chi connectivity index (χ4n) is 4.82. The summed E-state index contributed by atoms with van der Waals surface area (Å²) >= 11 is 0. The predicted octanol–water partition coefficient (Wildman–Crippen LogP) is 7.12. The summed E-state index contributed by atoms with van der Waals surface area (Å²) in [5, 5.41) is 2.86. The van der Waals surface area contributed by atoms with Crippen LogP contribution in [-0.4, -0.2) is 132 Å². The van der Waals surface area contributed by atoms with E-state index in [1.165, 1.54) is 50.3 Å². The van der Waals surface area contributed by atoms with E-state index >= 15 is 0 Å². The molecule has 15 heteroatoms. The molecule has 2 rings (SSSR count). The Morgan fingerprint density at radius 3 is 1.40 bits per heavy atom. The summed E-state index contributed by atoms with van der Waals surface area (Å²) < 4.78 is 93.8. The average molecular weight is 790 g/mol. The number of carbonyl (C=O) groups excluding carboxylic acids is 1. The first-order valence-corrected chi connectivity index (χ1v) is 19.3. The highest BCUT2D eigenvalue weighted by atomic mass is 19.4. The zero-order valence-electron chi connectivity index (χ0n) is 32.4. The molecular formula is C40H62F3NO11. The van der Waals surface area contributed by atoms with Gasteiger partial charge in [-0.25, -0.2) is 4.79 Å². The molecule has 0 radical (unpaired) electrons. The van der Waals surface area contributed by atoms with Gasteiger partial charge in [0.25, 0.3) is 0 Å². The molecule has 0 aliphatic heterocycles. The van der Waals surface area contributed by atoms with Gasteiger partial charge in [0, 0.05) is 12.3 Å². The number of carbonyl (C=O) groups is 1. The number of halogens is 3. The number of rotatable bonds is 37. The summed E-state index contributed by atoms with van der Waals surface area (Å²) in [6.45, 7) is 10.7. The average Bonchev–Trinajstić information content (AvgIpc) is 3.18. The molecule has 0 bridgehead atoms. The Kier molecular flexibility index (Phi) is 29.2. The Balaban J connectivity index is 1.28. The van der Waals surface area contributed by atoms with Gasteiger partial charge in [-0.05, 0) is 36.8 Å². The Labute approximate surface area is 324 Å². The molecule has 0 aromatic heterocycles. The molecule has 0 unspecified atom stereocenters. The van der Waals surface area contributed by atoms with Gasteiger partial charge in [0.05, 0.1) is 129 Å². The molecule has 12 nitrogen and oxygen atoms in total. The molecule has 1 N–H and O–H groups in total. The van der Waals surface area contributed by atoms with Crippen LogP contribution in [0.1, 0.15) is 61.4 Å². The van der Waals surface area contributed by atoms with Crippen LogP contribution in [0.4, 0.5) is 24.5 Å². The highest BCUT2D eigenvalue weighted by Crippen LogP contribution is 2.32. The lowest BCUT2D eigenvalue weighted by molar-refractivity contribution is -0.137. The lowest BCUT2D eigenvalue weighted by Gasteiger charge is -2.13. The van der Waals surface area contributed by atoms with Gasteiger partial charge < -0.3 is 52.7 Å². The molecule has 0 fully saturated rings. The van der Waals surface area contributed by atoms with Gasteiger partial charge in [0.15, 0.2) is 0 Å². The van der Waals surface area contributed by atoms with E-state index in [-0.39, 0.29) is 24.5 Å². The van der Waals surface area contributed by atoms with Crippen molar-refractivity contribution < 1.29 is 65.3 Å². The maximum absolute atomic E-state index is 13.1. The maximum atomic E-state index is 13.1. The Hall–Kier alpha value is -2.86. The van der Waals surface area contributed by atoms with E-state index in [0.29, 0.717) is 111 Å². The molecule has 2 aromatic rings. The van der Waals surface area contributed by atoms with E-state index in [1.807, 2.05) is 0 Å². The van der Waals surface area contributed by atoms with Crippen LogP contribution in [-0.2, 0) is 53.5 Å². The van der Waals surface area contributed by atoms with Gasteiger partial charge in [-0.2, -0.15) is 13.2 Å². The third-order valence-electron chi connectivity index (χ3n) is 7.70. The molecule has 0 atom stereocenters. The van der Waals surface area contributed by atoms with Gasteiger partial charge >= 0.3 is 12.1 Å². The number of alkyl halides is 3. The van der Waals surface area contributed by atoms with Gasteiger partial charge in [-0.3, -0.25) is 0 Å². The third kappa shape index (κ3) is 26.6. The van der Waals surface area contributed by atoms with Crippen LogP contribution in [0.5, 0.6) is 0 Å². The second-order valence-electron chi connectivity index (χ2n) is 12.2. The molecule has 0 aliphatic carbocycles. The molecule has 314 valence electrons. The number of benzene rings is 2. The second-order valence-corrected chi connectivity index (χ2v) is 12.2. The van der Waals surface area contributed by atoms with Crippen molar-refractivity contribution in [1.29, 1.82) is 0 Å². The molecule has 0 aliphatic rings. The fourth-order valence-corrected chi connectivity index (χ4v) is 4.82. The highest BCUT2D eigenvalue weighted by molar-refractivity contribution is 5.96. The summed E-state index contributed by atoms with van der Waals surface area (Å²) in [5.74, 6) is -0.626. The van der Waals surface area contributed by atoms with E-state index in [1.54, 1.807) is 18.2 Å². The summed E-state index contributed by atoms with van der Waals surface area (Å²) in [7, 11) is 0. The van der Waals surface area contributed by atoms with Crippen LogP contribution < -0.4 is 5.32 Å². The second kappa shape index (κ2) is 33.3. The van der Waals surface area contributed by atoms with Crippen LogP contribution in [0.3, 0.4) is 0 Å². The van der Waals surface area contributed by atoms with Crippen molar-refractivity contribution in [1.82, 2.24) is 0 Å². The Morgan fingerprint density at radius 1 is 0.509 bits per heavy atom. The molecule has 0 saturated heterocycles. The third-order valence-corrected chi connectivity index (χ3v) is 7.70. The van der Waals surface area contributed by atoms with Crippen LogP contribution in [0, 0.1) is 0 Å². The summed E-state index contributed by atoms with van der Waals surface area (Å²) in [5.41, 5.74) is -0.0810. The molecule has 0 spiro atoms. The first kappa shape index (κ1) is 48.3. The molecule has 0 heterocycles. The number of hydrogen-bond acceptors (Lipinski definition) is 12. The highest BCUT2D eigenvalue weighted by Gasteiger charge is 2.30. The standard InChI is InChI=1S/C40H62F3NO11/c1-2-3-4-5-6-9-15-46-16-17-47-18-19-48-20-21-49-22-23-50-24-25-51-26-27-52-28-29-53-30-31-54-32-33-55-39(45)37-13-7-8-14-38(37)44-36-12-10-11-35(34-36)40(41,42)43/h7-8,10-14,34,44H,2-6,9,15-33H2,1H3. The number of para-hydroxylation sites is 1. The number of anilines is 2. The Bertz CT molecular complexity index is 1210. The van der Waals surface area contributed by atoms with Gasteiger partial charge in [-0.1, -0.05) is 57.2 Å². The van der Waals surface area contributed by atoms with Crippen molar-refractivity contribution in [2.45, 2.75) is 51.6 Å². The molecular weight excluding hydrogens is 727 g/mol. The van der Waals surface area contributed by atoms with Crippen LogP contribution >= 0.6 is 0 Å². The number of hydrogen-bond donors (Lipinski definition) is 1. The SMILES string of the molecule is CCCCCCCCOCCOCCOCCOCCOCCOCCOCCOCCOCCOC(=O)c1ccccc1Nc1cccc(C(F)(F)F)c1. The van der Waals surface area contributed by atoms with E-state index < -0.39 is 17.7 Å². The minimum atomic E-state index is -4.48. The minimum Gasteiger partial charge on any atom is -0.460 e. The van der Waals surface area contributed by atoms with Crippen LogP contribution in [0.2, 0.25) is 0 Å². The van der Waals surface area contributed by atoms with Gasteiger partial charge in [0.1, 0.15) is 6.61 Å². The summed E-state index contributed by atoms with van der Waals surface area (Å²) in [6, 6.07) is 11.2. The van der Waals surface area contributed by atoms with Crippen molar-refractivity contribution in [3.05, 3.63) is 59.7 Å². The minimum absolute atomic E-state index is 0.00140. The van der Waals surface area contributed by atoms with E-state index in [4.69, 9.17) is 47.4 Å². The molecule has 55 heavy (non-hydrogen) atoms. The first-order valence-electron chi connectivity index (χ1n) is 19.3. The predicted molar refractivity (Wildman–Crippen MR) is 202 cm³/mol. The van der Waals surface area contributed by atoms with E-state index in [0.717, 1.165) is 25.2 Å². The normalized spacial score (nSPS) is 11.6. The lowest BCUT2D eigenvalue weighted by Crippen LogP contribution is -2.16. The van der Waals surface area contributed by atoms with Crippen LogP contribution in [0.25, 0.3) is 0 Å². The number of nitrogens with one attached hydrogen (secondary N) is 1. The monoisotopic (exact) mass is 789 g/mol. The van der Waals surface area contributed by atoms with Crippen LogP contribution in [0.15, 0.2) is 48.5 Å². The summed E-state index contributed by atoms with van der Waals surface area (Å²) in [4.78, 5) is 12.6. The maximum Gasteiger partial charge on any atom is 0.416 e. The molecule has 0 saturated carbocycles. The van der Waals surface area contributed by atoms with Crippen molar-refractivity contribution in [2.24, 2.45) is 0 Å². The summed E-state index contributed by atoms with van der Waals surface area (Å²) in [6.07, 6.45) is 3.11. The fraction of sp³-hybridized carbons (Fsp3) is 0.675. The largest absolute Gasteiger partial charge is 0.460 e. The van der Waals surface area contributed by atoms with Crippen molar-refractivity contribution in [3.8, 4) is 0 Å². The van der Waals surface area contributed by atoms with Gasteiger partial charge in [0.2, 0.25) is 0 Å². The number of ether oxygens (including phenoxy) is 10. The topological polar surface area (TPSA) is 121 Å². The molecule has 2 aromatic carbocycles. The van der Waals surface area contributed by atoms with Crippen molar-refractivity contribution in [2.75, 3.05) is 131 Å². The van der Waals surface area contributed by atoms with Gasteiger partial charge in [-0.15, -0.1) is 0 Å². The van der Waals surface area contributed by atoms with E-state index in [9.17, 15) is 18.0 Å². The number of unbranched alkanes of at least 4 members (excludes halogenated alkanes) is 5. The Morgan fingerprint density at radius 2 is 0.927 bits per heavy atom. The lowest BCUT2D eigenvalue weighted by atomic mass is 10.1. The zero-order valence-corrected chi connectivity index (χ0v) is 32.4. The molecule has 0 amide bonds.